The molecule has 0 aromatic rings. The highest BCUT2D eigenvalue weighted by molar-refractivity contribution is 5.79. The van der Waals surface area contributed by atoms with Crippen LogP contribution in [0.25, 0.3) is 0 Å². The van der Waals surface area contributed by atoms with E-state index in [1.54, 1.807) is 0 Å². The first-order valence-corrected chi connectivity index (χ1v) is 7.86. The van der Waals surface area contributed by atoms with Crippen LogP contribution in [0.4, 0.5) is 0 Å². The standard InChI is InChI=1S/C16H33N3O/c1-5-7-8-9-11-14-19(4)16(17-3)18-13-10-12-15-20-6-2/h5H,1,6-15H2,2-4H3,(H,17,18). The molecule has 0 saturated heterocycles. The van der Waals surface area contributed by atoms with E-state index in [1.807, 2.05) is 20.0 Å². The van der Waals surface area contributed by atoms with Crippen LogP contribution in [0.15, 0.2) is 17.6 Å². The SMILES string of the molecule is C=CCCCCCN(C)C(=NC)NCCCCOCC. The van der Waals surface area contributed by atoms with E-state index in [0.29, 0.717) is 0 Å². The number of guanidine groups is 1. The zero-order chi connectivity index (χ0) is 15.1. The summed E-state index contributed by atoms with van der Waals surface area (Å²) in [4.78, 5) is 6.53. The number of hydrogen-bond acceptors (Lipinski definition) is 2. The highest BCUT2D eigenvalue weighted by atomic mass is 16.5. The molecule has 1 N–H and O–H groups in total. The van der Waals surface area contributed by atoms with Gasteiger partial charge < -0.3 is 15.0 Å². The molecule has 0 radical (unpaired) electrons. The van der Waals surface area contributed by atoms with E-state index in [2.05, 4.69) is 28.8 Å². The fourth-order valence-electron chi connectivity index (χ4n) is 1.98. The van der Waals surface area contributed by atoms with Crippen molar-refractivity contribution in [2.75, 3.05) is 40.4 Å². The van der Waals surface area contributed by atoms with Crippen LogP contribution < -0.4 is 5.32 Å². The molecule has 0 rings (SSSR count). The predicted octanol–water partition coefficient (Wildman–Crippen LogP) is 3.06. The van der Waals surface area contributed by atoms with Crippen LogP contribution in [0.2, 0.25) is 0 Å². The molecule has 0 bridgehead atoms. The Morgan fingerprint density at radius 2 is 2.05 bits per heavy atom. The Kier molecular flexibility index (Phi) is 13.6. The van der Waals surface area contributed by atoms with Crippen LogP contribution in [-0.2, 0) is 4.74 Å². The van der Waals surface area contributed by atoms with Crippen molar-refractivity contribution in [2.24, 2.45) is 4.99 Å². The van der Waals surface area contributed by atoms with E-state index in [9.17, 15) is 0 Å². The molecular weight excluding hydrogens is 250 g/mol. The Bertz CT molecular complexity index is 254. The van der Waals surface area contributed by atoms with E-state index in [4.69, 9.17) is 4.74 Å². The van der Waals surface area contributed by atoms with Gasteiger partial charge in [-0.05, 0) is 39.0 Å². The maximum Gasteiger partial charge on any atom is 0.193 e. The predicted molar refractivity (Wildman–Crippen MR) is 88.4 cm³/mol. The minimum absolute atomic E-state index is 0.809. The summed E-state index contributed by atoms with van der Waals surface area (Å²) in [6, 6.07) is 0. The van der Waals surface area contributed by atoms with Crippen LogP contribution >= 0.6 is 0 Å². The minimum atomic E-state index is 0.809. The van der Waals surface area contributed by atoms with Gasteiger partial charge in [0.2, 0.25) is 0 Å². The van der Waals surface area contributed by atoms with Crippen LogP contribution in [0.5, 0.6) is 0 Å². The topological polar surface area (TPSA) is 36.9 Å². The number of rotatable bonds is 12. The zero-order valence-electron chi connectivity index (χ0n) is 13.7. The van der Waals surface area contributed by atoms with Gasteiger partial charge in [0.15, 0.2) is 5.96 Å². The lowest BCUT2D eigenvalue weighted by Gasteiger charge is -2.22. The van der Waals surface area contributed by atoms with Gasteiger partial charge in [-0.3, -0.25) is 4.99 Å². The highest BCUT2D eigenvalue weighted by Crippen LogP contribution is 2.01. The monoisotopic (exact) mass is 283 g/mol. The summed E-state index contributed by atoms with van der Waals surface area (Å²) >= 11 is 0. The number of allylic oxidation sites excluding steroid dienone is 1. The van der Waals surface area contributed by atoms with Crippen molar-refractivity contribution in [3.05, 3.63) is 12.7 Å². The molecule has 118 valence electrons. The fourth-order valence-corrected chi connectivity index (χ4v) is 1.98. The largest absolute Gasteiger partial charge is 0.382 e. The lowest BCUT2D eigenvalue weighted by molar-refractivity contribution is 0.143. The van der Waals surface area contributed by atoms with Crippen LogP contribution in [0, 0.1) is 0 Å². The number of nitrogens with zero attached hydrogens (tertiary/aromatic N) is 2. The number of nitrogens with one attached hydrogen (secondary N) is 1. The van der Waals surface area contributed by atoms with Crippen LogP contribution in [0.3, 0.4) is 0 Å². The summed E-state index contributed by atoms with van der Waals surface area (Å²) in [6.07, 6.45) is 9.02. The average Bonchev–Trinajstić information content (AvgIpc) is 2.46. The summed E-state index contributed by atoms with van der Waals surface area (Å²) in [5.41, 5.74) is 0. The second kappa shape index (κ2) is 14.4. The van der Waals surface area contributed by atoms with Crippen molar-refractivity contribution in [3.63, 3.8) is 0 Å². The third kappa shape index (κ3) is 10.9. The van der Waals surface area contributed by atoms with E-state index >= 15 is 0 Å². The fraction of sp³-hybridized carbons (Fsp3) is 0.812. The van der Waals surface area contributed by atoms with Crippen molar-refractivity contribution >= 4 is 5.96 Å². The van der Waals surface area contributed by atoms with Gasteiger partial charge in [-0.25, -0.2) is 0 Å². The maximum absolute atomic E-state index is 5.32. The molecule has 0 fully saturated rings. The first-order chi connectivity index (χ1) is 9.76. The minimum Gasteiger partial charge on any atom is -0.382 e. The van der Waals surface area contributed by atoms with Gasteiger partial charge in [0.1, 0.15) is 0 Å². The molecule has 0 heterocycles. The summed E-state index contributed by atoms with van der Waals surface area (Å²) < 4.78 is 5.32. The lowest BCUT2D eigenvalue weighted by Crippen LogP contribution is -2.39. The molecule has 0 aliphatic carbocycles. The van der Waals surface area contributed by atoms with Crippen molar-refractivity contribution in [1.82, 2.24) is 10.2 Å². The van der Waals surface area contributed by atoms with Gasteiger partial charge in [0, 0.05) is 40.4 Å². The molecule has 20 heavy (non-hydrogen) atoms. The smallest absolute Gasteiger partial charge is 0.193 e. The van der Waals surface area contributed by atoms with Crippen molar-refractivity contribution in [2.45, 2.75) is 45.4 Å². The molecule has 0 aliphatic rings. The molecule has 4 nitrogen and oxygen atoms in total. The quantitative estimate of drug-likeness (QED) is 0.259. The van der Waals surface area contributed by atoms with Gasteiger partial charge in [-0.15, -0.1) is 6.58 Å². The molecule has 0 aromatic heterocycles. The molecule has 0 amide bonds. The van der Waals surface area contributed by atoms with Gasteiger partial charge in [0.05, 0.1) is 0 Å². The molecule has 0 aliphatic heterocycles. The second-order valence-electron chi connectivity index (χ2n) is 4.94. The Hall–Kier alpha value is -1.03. The summed E-state index contributed by atoms with van der Waals surface area (Å²) in [7, 11) is 3.94. The van der Waals surface area contributed by atoms with Crippen LogP contribution in [-0.4, -0.2) is 51.3 Å². The highest BCUT2D eigenvalue weighted by Gasteiger charge is 2.04. The average molecular weight is 283 g/mol. The van der Waals surface area contributed by atoms with E-state index in [0.717, 1.165) is 51.5 Å². The molecule has 4 heteroatoms. The number of ether oxygens (including phenoxy) is 1. The van der Waals surface area contributed by atoms with Gasteiger partial charge in [-0.2, -0.15) is 0 Å². The van der Waals surface area contributed by atoms with E-state index in [-0.39, 0.29) is 0 Å². The maximum atomic E-state index is 5.32. The molecule has 0 saturated carbocycles. The molecule has 0 atom stereocenters. The number of hydrogen-bond donors (Lipinski definition) is 1. The molecular formula is C16H33N3O. The number of aliphatic imine (C=N–C) groups is 1. The summed E-state index contributed by atoms with van der Waals surface area (Å²) in [5, 5.41) is 3.40. The molecule has 0 spiro atoms. The summed E-state index contributed by atoms with van der Waals surface area (Å²) in [6.45, 7) is 9.46. The first-order valence-electron chi connectivity index (χ1n) is 7.86. The third-order valence-electron chi connectivity index (χ3n) is 3.18. The van der Waals surface area contributed by atoms with Gasteiger partial charge in [-0.1, -0.05) is 12.5 Å². The second-order valence-corrected chi connectivity index (χ2v) is 4.94. The Morgan fingerprint density at radius 3 is 2.70 bits per heavy atom. The number of unbranched alkanes of at least 4 members (excludes halogenated alkanes) is 4. The van der Waals surface area contributed by atoms with Gasteiger partial charge in [0.25, 0.3) is 0 Å². The first kappa shape index (κ1) is 19.0. The van der Waals surface area contributed by atoms with Crippen LogP contribution in [0.1, 0.15) is 45.4 Å². The van der Waals surface area contributed by atoms with E-state index in [1.165, 1.54) is 19.3 Å². The Morgan fingerprint density at radius 1 is 1.25 bits per heavy atom. The van der Waals surface area contributed by atoms with Crippen molar-refractivity contribution in [1.29, 1.82) is 0 Å². The zero-order valence-corrected chi connectivity index (χ0v) is 13.7. The lowest BCUT2D eigenvalue weighted by atomic mass is 10.2. The molecule has 0 aromatic carbocycles. The van der Waals surface area contributed by atoms with Gasteiger partial charge >= 0.3 is 0 Å². The summed E-state index contributed by atoms with van der Waals surface area (Å²) in [5.74, 6) is 0.991. The van der Waals surface area contributed by atoms with Crippen molar-refractivity contribution in [3.8, 4) is 0 Å². The van der Waals surface area contributed by atoms with E-state index < -0.39 is 0 Å². The Labute approximate surface area is 125 Å². The molecule has 0 unspecified atom stereocenters. The normalized spacial score (nSPS) is 11.4. The van der Waals surface area contributed by atoms with Crippen molar-refractivity contribution < 1.29 is 4.74 Å². The Balaban J connectivity index is 3.64. The third-order valence-corrected chi connectivity index (χ3v) is 3.18.